The van der Waals surface area contributed by atoms with Crippen LogP contribution in [0, 0.1) is 5.41 Å². The van der Waals surface area contributed by atoms with Gasteiger partial charge in [0.1, 0.15) is 0 Å². The first-order valence-corrected chi connectivity index (χ1v) is 5.66. The Morgan fingerprint density at radius 1 is 1.38 bits per heavy atom. The first kappa shape index (κ1) is 13.8. The molecule has 0 aromatic heterocycles. The maximum atomic E-state index is 12.3. The van der Waals surface area contributed by atoms with Crippen LogP contribution in [-0.4, -0.2) is 36.8 Å². The Morgan fingerprint density at radius 2 is 1.94 bits per heavy atom. The second kappa shape index (κ2) is 4.53. The average molecular weight is 238 g/mol. The fraction of sp³-hybridized carbons (Fsp3) is 1.00. The molecule has 0 saturated heterocycles. The summed E-state index contributed by atoms with van der Waals surface area (Å²) in [4.78, 5) is 1.35. The van der Waals surface area contributed by atoms with Crippen molar-refractivity contribution >= 4 is 0 Å². The van der Waals surface area contributed by atoms with E-state index >= 15 is 0 Å². The Hall–Kier alpha value is -0.290. The summed E-state index contributed by atoms with van der Waals surface area (Å²) in [5.41, 5.74) is 6.00. The van der Waals surface area contributed by atoms with Gasteiger partial charge in [-0.1, -0.05) is 20.3 Å². The van der Waals surface area contributed by atoms with Crippen LogP contribution in [0.25, 0.3) is 0 Å². The third-order valence-corrected chi connectivity index (χ3v) is 3.63. The Morgan fingerprint density at radius 3 is 2.44 bits per heavy atom. The van der Waals surface area contributed by atoms with E-state index in [-0.39, 0.29) is 17.5 Å². The lowest BCUT2D eigenvalue weighted by molar-refractivity contribution is -0.151. The van der Waals surface area contributed by atoms with Gasteiger partial charge in [0.15, 0.2) is 0 Å². The molecule has 2 N–H and O–H groups in total. The fourth-order valence-electron chi connectivity index (χ4n) is 2.53. The second-order valence-electron chi connectivity index (χ2n) is 5.50. The van der Waals surface area contributed by atoms with Crippen LogP contribution >= 0.6 is 0 Å². The molecule has 0 amide bonds. The van der Waals surface area contributed by atoms with E-state index in [1.54, 1.807) is 0 Å². The second-order valence-corrected chi connectivity index (χ2v) is 5.50. The van der Waals surface area contributed by atoms with Crippen molar-refractivity contribution in [3.8, 4) is 0 Å². The van der Waals surface area contributed by atoms with Crippen LogP contribution in [0.2, 0.25) is 0 Å². The Labute approximate surface area is 95.0 Å². The zero-order valence-corrected chi connectivity index (χ0v) is 10.1. The van der Waals surface area contributed by atoms with Gasteiger partial charge in [-0.25, -0.2) is 0 Å². The molecule has 0 aliphatic heterocycles. The van der Waals surface area contributed by atoms with Crippen molar-refractivity contribution in [2.24, 2.45) is 11.1 Å². The molecule has 2 unspecified atom stereocenters. The number of nitrogens with zero attached hydrogens (tertiary/aromatic N) is 1. The quantitative estimate of drug-likeness (QED) is 0.800. The van der Waals surface area contributed by atoms with Gasteiger partial charge in [-0.15, -0.1) is 0 Å². The molecule has 1 saturated carbocycles. The lowest BCUT2D eigenvalue weighted by Gasteiger charge is -2.45. The van der Waals surface area contributed by atoms with Crippen molar-refractivity contribution < 1.29 is 13.2 Å². The van der Waals surface area contributed by atoms with Crippen molar-refractivity contribution in [2.45, 2.75) is 51.4 Å². The molecule has 1 aliphatic carbocycles. The van der Waals surface area contributed by atoms with Crippen molar-refractivity contribution in [1.29, 1.82) is 0 Å². The molecule has 1 fully saturated rings. The predicted octanol–water partition coefficient (Wildman–Crippen LogP) is 2.39. The van der Waals surface area contributed by atoms with Crippen molar-refractivity contribution in [1.82, 2.24) is 4.90 Å². The molecular weight excluding hydrogens is 217 g/mol. The van der Waals surface area contributed by atoms with Gasteiger partial charge < -0.3 is 5.73 Å². The lowest BCUT2D eigenvalue weighted by atomic mass is 9.71. The molecule has 0 heterocycles. The van der Waals surface area contributed by atoms with E-state index in [0.29, 0.717) is 0 Å². The summed E-state index contributed by atoms with van der Waals surface area (Å²) in [5.74, 6) is 0. The lowest BCUT2D eigenvalue weighted by Crippen LogP contribution is -2.57. The van der Waals surface area contributed by atoms with E-state index in [9.17, 15) is 13.2 Å². The van der Waals surface area contributed by atoms with Gasteiger partial charge in [0, 0.05) is 12.1 Å². The Balaban J connectivity index is 2.65. The van der Waals surface area contributed by atoms with Gasteiger partial charge in [-0.05, 0) is 25.3 Å². The molecule has 0 aromatic carbocycles. The molecule has 0 radical (unpaired) electrons. The fourth-order valence-corrected chi connectivity index (χ4v) is 2.53. The molecule has 0 bridgehead atoms. The van der Waals surface area contributed by atoms with E-state index in [2.05, 4.69) is 0 Å². The molecule has 16 heavy (non-hydrogen) atoms. The van der Waals surface area contributed by atoms with Crippen LogP contribution in [0.15, 0.2) is 0 Å². The van der Waals surface area contributed by atoms with Gasteiger partial charge in [-0.2, -0.15) is 13.2 Å². The third kappa shape index (κ3) is 3.35. The van der Waals surface area contributed by atoms with Gasteiger partial charge >= 0.3 is 6.18 Å². The zero-order valence-electron chi connectivity index (χ0n) is 10.1. The van der Waals surface area contributed by atoms with Gasteiger partial charge in [-0.3, -0.25) is 4.90 Å². The number of likely N-dealkylation sites (N-methyl/N-ethyl adjacent to an activating group) is 1. The van der Waals surface area contributed by atoms with Crippen LogP contribution in [0.3, 0.4) is 0 Å². The highest BCUT2D eigenvalue weighted by atomic mass is 19.4. The van der Waals surface area contributed by atoms with E-state index < -0.39 is 12.7 Å². The summed E-state index contributed by atoms with van der Waals surface area (Å²) in [6, 6.07) is -0.348. The largest absolute Gasteiger partial charge is 0.401 e. The predicted molar refractivity (Wildman–Crippen MR) is 58.1 cm³/mol. The molecule has 2 nitrogen and oxygen atoms in total. The number of alkyl halides is 3. The number of hydrogen-bond acceptors (Lipinski definition) is 2. The minimum Gasteiger partial charge on any atom is -0.326 e. The van der Waals surface area contributed by atoms with E-state index in [1.807, 2.05) is 13.8 Å². The monoisotopic (exact) mass is 238 g/mol. The number of nitrogens with two attached hydrogens (primary N) is 1. The molecule has 0 spiro atoms. The molecule has 2 atom stereocenters. The number of hydrogen-bond donors (Lipinski definition) is 1. The summed E-state index contributed by atoms with van der Waals surface area (Å²) in [5, 5.41) is 0. The van der Waals surface area contributed by atoms with E-state index in [1.165, 1.54) is 11.9 Å². The number of halogens is 3. The highest BCUT2D eigenvalue weighted by Crippen LogP contribution is 2.36. The van der Waals surface area contributed by atoms with E-state index in [4.69, 9.17) is 5.73 Å². The van der Waals surface area contributed by atoms with Crippen LogP contribution in [0.1, 0.15) is 33.1 Å². The number of rotatable bonds is 2. The van der Waals surface area contributed by atoms with Crippen LogP contribution < -0.4 is 5.73 Å². The molecule has 0 aromatic rings. The standard InChI is InChI=1S/C11H21F3N2/c1-10(2)6-4-5-8(9(10)15)16(3)7-11(12,13)14/h8-9H,4-7,15H2,1-3H3. The molecule has 1 rings (SSSR count). The minimum atomic E-state index is -4.14. The molecule has 5 heteroatoms. The SMILES string of the molecule is CN(CC(F)(F)F)C1CCCC(C)(C)C1N. The summed E-state index contributed by atoms with van der Waals surface area (Å²) < 4.78 is 36.9. The van der Waals surface area contributed by atoms with Gasteiger partial charge in [0.2, 0.25) is 0 Å². The molecular formula is C11H21F3N2. The summed E-state index contributed by atoms with van der Waals surface area (Å²) in [7, 11) is 1.51. The molecule has 96 valence electrons. The van der Waals surface area contributed by atoms with Gasteiger partial charge in [0.25, 0.3) is 0 Å². The highest BCUT2D eigenvalue weighted by molar-refractivity contribution is 4.95. The first-order valence-electron chi connectivity index (χ1n) is 5.66. The van der Waals surface area contributed by atoms with E-state index in [0.717, 1.165) is 19.3 Å². The maximum Gasteiger partial charge on any atom is 0.401 e. The summed E-state index contributed by atoms with van der Waals surface area (Å²) >= 11 is 0. The first-order chi connectivity index (χ1) is 7.13. The average Bonchev–Trinajstić information content (AvgIpc) is 2.06. The van der Waals surface area contributed by atoms with Crippen molar-refractivity contribution in [2.75, 3.05) is 13.6 Å². The smallest absolute Gasteiger partial charge is 0.326 e. The van der Waals surface area contributed by atoms with Crippen molar-refractivity contribution in [3.05, 3.63) is 0 Å². The summed E-state index contributed by atoms with van der Waals surface area (Å²) in [6.07, 6.45) is -1.44. The zero-order chi connectivity index (χ0) is 12.6. The van der Waals surface area contributed by atoms with Crippen LogP contribution in [0.5, 0.6) is 0 Å². The van der Waals surface area contributed by atoms with Crippen molar-refractivity contribution in [3.63, 3.8) is 0 Å². The maximum absolute atomic E-state index is 12.3. The molecule has 1 aliphatic rings. The van der Waals surface area contributed by atoms with Crippen LogP contribution in [-0.2, 0) is 0 Å². The topological polar surface area (TPSA) is 29.3 Å². The van der Waals surface area contributed by atoms with Crippen LogP contribution in [0.4, 0.5) is 13.2 Å². The van der Waals surface area contributed by atoms with Gasteiger partial charge in [0.05, 0.1) is 6.54 Å². The highest BCUT2D eigenvalue weighted by Gasteiger charge is 2.41. The third-order valence-electron chi connectivity index (χ3n) is 3.63. The Bertz CT molecular complexity index is 238. The Kier molecular flexibility index (Phi) is 3.90. The summed E-state index contributed by atoms with van der Waals surface area (Å²) in [6.45, 7) is 3.19. The normalized spacial score (nSPS) is 30.8. The minimum absolute atomic E-state index is 0.0667.